The molecule has 0 aliphatic rings. The van der Waals surface area contributed by atoms with Gasteiger partial charge in [-0.2, -0.15) is 13.2 Å². The van der Waals surface area contributed by atoms with Gasteiger partial charge in [0.15, 0.2) is 0 Å². The molecule has 0 aliphatic carbocycles. The van der Waals surface area contributed by atoms with Gasteiger partial charge in [0.05, 0.1) is 21.8 Å². The van der Waals surface area contributed by atoms with Gasteiger partial charge in [-0.05, 0) is 22.2 Å². The molecule has 0 aliphatic heterocycles. The number of halogens is 3. The average molecular weight is 488 g/mol. The molecule has 5 rings (SSSR count). The molecule has 0 saturated heterocycles. The molecule has 4 heterocycles. The van der Waals surface area contributed by atoms with Crippen LogP contribution in [0.2, 0.25) is 0 Å². The van der Waals surface area contributed by atoms with Crippen LogP contribution in [0.25, 0.3) is 26.5 Å². The van der Waals surface area contributed by atoms with Crippen LogP contribution in [0, 0.1) is 0 Å². The molecule has 0 spiro atoms. The van der Waals surface area contributed by atoms with Crippen molar-refractivity contribution in [2.75, 3.05) is 11.1 Å². The van der Waals surface area contributed by atoms with Crippen LogP contribution in [0.1, 0.15) is 15.2 Å². The highest BCUT2D eigenvalue weighted by molar-refractivity contribution is 7.21. The van der Waals surface area contributed by atoms with E-state index in [2.05, 4.69) is 15.6 Å². The molecule has 7 nitrogen and oxygen atoms in total. The van der Waals surface area contributed by atoms with Crippen molar-refractivity contribution < 1.29 is 27.2 Å². The SMILES string of the molecule is Nc1c(C(=O)Nc2c[n+](-c3ccccc3)no2)sc2nc(-c3cccs3)cc(C(F)(F)F)c12. The normalized spacial score (nSPS) is 11.7. The molecule has 166 valence electrons. The van der Waals surface area contributed by atoms with Gasteiger partial charge in [-0.3, -0.25) is 14.6 Å². The Morgan fingerprint density at radius 3 is 2.64 bits per heavy atom. The monoisotopic (exact) mass is 488 g/mol. The van der Waals surface area contributed by atoms with E-state index < -0.39 is 17.6 Å². The summed E-state index contributed by atoms with van der Waals surface area (Å²) in [6.45, 7) is 0. The van der Waals surface area contributed by atoms with Gasteiger partial charge >= 0.3 is 12.1 Å². The number of nitrogens with two attached hydrogens (primary N) is 1. The number of pyridine rings is 1. The molecule has 0 unspecified atom stereocenters. The van der Waals surface area contributed by atoms with Crippen molar-refractivity contribution in [2.24, 2.45) is 0 Å². The number of nitrogens with zero attached hydrogens (tertiary/aromatic N) is 3. The largest absolute Gasteiger partial charge is 0.417 e. The first-order valence-corrected chi connectivity index (χ1v) is 11.1. The van der Waals surface area contributed by atoms with Gasteiger partial charge in [0, 0.05) is 17.5 Å². The van der Waals surface area contributed by atoms with Crippen molar-refractivity contribution in [1.82, 2.24) is 10.3 Å². The number of anilines is 2. The molecule has 33 heavy (non-hydrogen) atoms. The molecule has 3 N–H and O–H groups in total. The Labute approximate surface area is 191 Å². The number of aromatic nitrogens is 3. The lowest BCUT2D eigenvalue weighted by Gasteiger charge is -2.10. The first-order chi connectivity index (χ1) is 15.8. The van der Waals surface area contributed by atoms with Crippen LogP contribution < -0.4 is 15.7 Å². The predicted molar refractivity (Wildman–Crippen MR) is 118 cm³/mol. The Morgan fingerprint density at radius 2 is 1.94 bits per heavy atom. The van der Waals surface area contributed by atoms with E-state index in [0.717, 1.165) is 17.4 Å². The number of carbonyl (C=O) groups is 1. The standard InChI is InChI=1S/C21H12F3N5O2S2/c22-21(23,24)12-9-13(14-7-4-8-32-14)26-20-16(12)17(25)18(33-20)19(30)27-15-10-29(28-31-15)11-5-2-1-3-6-11/h1-10H,(H2-,25,27,28,30)/p+1. The third-order valence-electron chi connectivity index (χ3n) is 4.71. The van der Waals surface area contributed by atoms with Crippen LogP contribution in [0.3, 0.4) is 0 Å². The van der Waals surface area contributed by atoms with Crippen LogP contribution in [0.4, 0.5) is 24.7 Å². The van der Waals surface area contributed by atoms with Crippen LogP contribution in [-0.4, -0.2) is 16.2 Å². The summed E-state index contributed by atoms with van der Waals surface area (Å²) in [7, 11) is 0. The number of alkyl halides is 3. The van der Waals surface area contributed by atoms with Gasteiger partial charge in [-0.15, -0.1) is 22.7 Å². The lowest BCUT2D eigenvalue weighted by molar-refractivity contribution is -0.670. The Bertz CT molecular complexity index is 1460. The van der Waals surface area contributed by atoms with E-state index in [1.165, 1.54) is 22.2 Å². The molecular formula is C21H13F3N5O2S2+. The zero-order chi connectivity index (χ0) is 23.2. The lowest BCUT2D eigenvalue weighted by atomic mass is 10.1. The molecule has 4 aromatic heterocycles. The van der Waals surface area contributed by atoms with Gasteiger partial charge in [0.25, 0.3) is 12.1 Å². The van der Waals surface area contributed by atoms with Crippen LogP contribution in [-0.2, 0) is 6.18 Å². The van der Waals surface area contributed by atoms with Gasteiger partial charge in [0.1, 0.15) is 9.71 Å². The highest BCUT2D eigenvalue weighted by atomic mass is 32.1. The fourth-order valence-electron chi connectivity index (χ4n) is 3.24. The smallest absolute Gasteiger partial charge is 0.397 e. The fourth-order valence-corrected chi connectivity index (χ4v) is 4.94. The molecule has 1 aromatic carbocycles. The third-order valence-corrected chi connectivity index (χ3v) is 6.70. The summed E-state index contributed by atoms with van der Waals surface area (Å²) in [6.07, 6.45) is -3.24. The van der Waals surface area contributed by atoms with E-state index in [4.69, 9.17) is 10.3 Å². The summed E-state index contributed by atoms with van der Waals surface area (Å²) in [5.41, 5.74) is 5.65. The fraction of sp³-hybridized carbons (Fsp3) is 0.0476. The second-order valence-electron chi connectivity index (χ2n) is 6.86. The summed E-state index contributed by atoms with van der Waals surface area (Å²) in [5, 5.41) is 7.76. The number of amides is 1. The van der Waals surface area contributed by atoms with Gasteiger partial charge in [-0.1, -0.05) is 24.3 Å². The molecule has 0 atom stereocenters. The summed E-state index contributed by atoms with van der Waals surface area (Å²) in [5.74, 6) is -0.721. The first-order valence-electron chi connectivity index (χ1n) is 9.41. The molecule has 0 fully saturated rings. The topological polar surface area (TPSA) is 97.9 Å². The summed E-state index contributed by atoms with van der Waals surface area (Å²) in [4.78, 5) is 17.7. The van der Waals surface area contributed by atoms with Crippen LogP contribution in [0.5, 0.6) is 0 Å². The van der Waals surface area contributed by atoms with E-state index in [-0.39, 0.29) is 32.4 Å². The molecule has 5 aromatic rings. The molecule has 1 amide bonds. The summed E-state index contributed by atoms with van der Waals surface area (Å²) in [6, 6.07) is 13.4. The van der Waals surface area contributed by atoms with Crippen molar-refractivity contribution in [3.8, 4) is 16.3 Å². The van der Waals surface area contributed by atoms with E-state index in [1.54, 1.807) is 29.6 Å². The maximum Gasteiger partial charge on any atom is 0.417 e. The minimum Gasteiger partial charge on any atom is -0.397 e. The number of para-hydroxylation sites is 1. The quantitative estimate of drug-likeness (QED) is 0.341. The third kappa shape index (κ3) is 3.94. The number of nitrogen functional groups attached to an aromatic ring is 1. The van der Waals surface area contributed by atoms with Gasteiger partial charge in [0.2, 0.25) is 11.0 Å². The van der Waals surface area contributed by atoms with Crippen LogP contribution in [0.15, 0.2) is 64.6 Å². The Kier molecular flexibility index (Phi) is 5.10. The maximum atomic E-state index is 13.8. The predicted octanol–water partition coefficient (Wildman–Crippen LogP) is 5.14. The molecule has 0 bridgehead atoms. The van der Waals surface area contributed by atoms with Crippen molar-refractivity contribution in [3.63, 3.8) is 0 Å². The van der Waals surface area contributed by atoms with Crippen LogP contribution >= 0.6 is 22.7 Å². The Balaban J connectivity index is 1.53. The zero-order valence-corrected chi connectivity index (χ0v) is 18.1. The number of hydrogen-bond donors (Lipinski definition) is 2. The second kappa shape index (κ2) is 7.98. The lowest BCUT2D eigenvalue weighted by Crippen LogP contribution is -2.31. The molecular weight excluding hydrogens is 475 g/mol. The number of carbonyl (C=O) groups excluding carboxylic acids is 1. The number of thiophene rings is 2. The minimum atomic E-state index is -4.68. The molecule has 12 heteroatoms. The molecule has 0 saturated carbocycles. The van der Waals surface area contributed by atoms with Crippen molar-refractivity contribution in [3.05, 3.63) is 70.5 Å². The van der Waals surface area contributed by atoms with Crippen molar-refractivity contribution in [1.29, 1.82) is 0 Å². The van der Waals surface area contributed by atoms with Crippen molar-refractivity contribution in [2.45, 2.75) is 6.18 Å². The van der Waals surface area contributed by atoms with Crippen molar-refractivity contribution >= 4 is 50.4 Å². The number of fused-ring (bicyclic) bond motifs is 1. The highest BCUT2D eigenvalue weighted by Gasteiger charge is 2.36. The minimum absolute atomic E-state index is 0.00369. The van der Waals surface area contributed by atoms with E-state index in [1.807, 2.05) is 18.2 Å². The second-order valence-corrected chi connectivity index (χ2v) is 8.80. The van der Waals surface area contributed by atoms with E-state index >= 15 is 0 Å². The van der Waals surface area contributed by atoms with E-state index in [9.17, 15) is 18.0 Å². The Hall–Kier alpha value is -3.77. The Morgan fingerprint density at radius 1 is 1.15 bits per heavy atom. The average Bonchev–Trinajstić information content (AvgIpc) is 3.54. The van der Waals surface area contributed by atoms with E-state index in [0.29, 0.717) is 10.6 Å². The number of rotatable bonds is 4. The first kappa shape index (κ1) is 21.1. The number of nitrogens with one attached hydrogen (secondary N) is 1. The zero-order valence-electron chi connectivity index (χ0n) is 16.5. The summed E-state index contributed by atoms with van der Waals surface area (Å²) < 4.78 is 48.0. The highest BCUT2D eigenvalue weighted by Crippen LogP contribution is 2.44. The number of benzene rings is 1. The van der Waals surface area contributed by atoms with Gasteiger partial charge < -0.3 is 5.73 Å². The molecule has 0 radical (unpaired) electrons. The van der Waals surface area contributed by atoms with Gasteiger partial charge in [-0.25, -0.2) is 4.98 Å². The summed E-state index contributed by atoms with van der Waals surface area (Å²) >= 11 is 2.05. The maximum absolute atomic E-state index is 13.8. The number of hydrogen-bond acceptors (Lipinski definition) is 7.